The summed E-state index contributed by atoms with van der Waals surface area (Å²) in [6.07, 6.45) is 2.08. The lowest BCUT2D eigenvalue weighted by molar-refractivity contribution is -0.122. The van der Waals surface area contributed by atoms with Crippen molar-refractivity contribution in [2.45, 2.75) is 18.5 Å². The average Bonchev–Trinajstić information content (AvgIpc) is 3.19. The molecule has 0 bridgehead atoms. The first kappa shape index (κ1) is 17.8. The zero-order valence-corrected chi connectivity index (χ0v) is 16.1. The van der Waals surface area contributed by atoms with Gasteiger partial charge in [-0.15, -0.1) is 11.3 Å². The molecule has 5 nitrogen and oxygen atoms in total. The molecule has 3 N–H and O–H groups in total. The zero-order chi connectivity index (χ0) is 17.1. The molecule has 0 radical (unpaired) electrons. The van der Waals surface area contributed by atoms with Gasteiger partial charge in [-0.1, -0.05) is 29.3 Å². The second-order valence-corrected chi connectivity index (χ2v) is 8.45. The molecule has 2 atom stereocenters. The second kappa shape index (κ2) is 7.95. The molecule has 0 saturated carbocycles. The maximum atomic E-state index is 12.2. The number of rotatable bonds is 4. The van der Waals surface area contributed by atoms with Crippen LogP contribution in [-0.4, -0.2) is 18.2 Å². The SMILES string of the molecule is O=C(N/N=C/c1c(Cl)cccc1Cl)C1CC(c2ccc(Br)s2)NN1. The summed E-state index contributed by atoms with van der Waals surface area (Å²) in [5, 5.41) is 4.90. The van der Waals surface area contributed by atoms with Gasteiger partial charge < -0.3 is 0 Å². The van der Waals surface area contributed by atoms with Crippen LogP contribution in [0, 0.1) is 0 Å². The van der Waals surface area contributed by atoms with Crippen molar-refractivity contribution in [3.05, 3.63) is 54.6 Å². The molecule has 1 amide bonds. The van der Waals surface area contributed by atoms with E-state index in [9.17, 15) is 4.79 Å². The van der Waals surface area contributed by atoms with Crippen molar-refractivity contribution < 1.29 is 4.79 Å². The lowest BCUT2D eigenvalue weighted by atomic mass is 10.1. The molecule has 1 aromatic carbocycles. The molecule has 3 rings (SSSR count). The van der Waals surface area contributed by atoms with E-state index in [0.29, 0.717) is 22.0 Å². The highest BCUT2D eigenvalue weighted by Gasteiger charge is 2.30. The Morgan fingerprint density at radius 2 is 2.04 bits per heavy atom. The molecular formula is C15H13BrCl2N4OS. The fourth-order valence-electron chi connectivity index (χ4n) is 2.30. The summed E-state index contributed by atoms with van der Waals surface area (Å²) < 4.78 is 1.06. The third-order valence-electron chi connectivity index (χ3n) is 3.53. The first-order valence-electron chi connectivity index (χ1n) is 7.08. The van der Waals surface area contributed by atoms with E-state index < -0.39 is 0 Å². The fraction of sp³-hybridized carbons (Fsp3) is 0.200. The van der Waals surface area contributed by atoms with Crippen LogP contribution in [0.25, 0.3) is 0 Å². The summed E-state index contributed by atoms with van der Waals surface area (Å²) in [6, 6.07) is 8.93. The minimum Gasteiger partial charge on any atom is -0.271 e. The van der Waals surface area contributed by atoms with Crippen molar-refractivity contribution in [1.82, 2.24) is 16.3 Å². The number of nitrogens with zero attached hydrogens (tertiary/aromatic N) is 1. The maximum absolute atomic E-state index is 12.2. The van der Waals surface area contributed by atoms with Gasteiger partial charge in [0.05, 0.1) is 26.1 Å². The Bertz CT molecular complexity index is 762. The van der Waals surface area contributed by atoms with Gasteiger partial charge in [-0.05, 0) is 46.6 Å². The second-order valence-electron chi connectivity index (χ2n) is 5.14. The summed E-state index contributed by atoms with van der Waals surface area (Å²) in [6.45, 7) is 0. The number of hydrazine groups is 1. The molecule has 2 aromatic rings. The highest BCUT2D eigenvalue weighted by molar-refractivity contribution is 9.11. The van der Waals surface area contributed by atoms with Gasteiger partial charge in [0, 0.05) is 10.4 Å². The van der Waals surface area contributed by atoms with Gasteiger partial charge >= 0.3 is 0 Å². The molecule has 0 spiro atoms. The molecule has 1 saturated heterocycles. The van der Waals surface area contributed by atoms with Crippen molar-refractivity contribution in [1.29, 1.82) is 0 Å². The van der Waals surface area contributed by atoms with E-state index in [4.69, 9.17) is 23.2 Å². The average molecular weight is 448 g/mol. The van der Waals surface area contributed by atoms with E-state index in [1.165, 1.54) is 6.21 Å². The number of thiophene rings is 1. The van der Waals surface area contributed by atoms with Gasteiger partial charge in [0.15, 0.2) is 0 Å². The summed E-state index contributed by atoms with van der Waals surface area (Å²) >= 11 is 17.2. The minimum atomic E-state index is -0.366. The number of carbonyl (C=O) groups excluding carboxylic acids is 1. The van der Waals surface area contributed by atoms with Crippen molar-refractivity contribution in [3.8, 4) is 0 Å². The van der Waals surface area contributed by atoms with Gasteiger partial charge in [-0.25, -0.2) is 16.3 Å². The first-order valence-corrected chi connectivity index (χ1v) is 9.44. The molecule has 2 unspecified atom stereocenters. The molecule has 126 valence electrons. The number of amides is 1. The van der Waals surface area contributed by atoms with E-state index in [1.54, 1.807) is 29.5 Å². The van der Waals surface area contributed by atoms with Crippen LogP contribution in [0.2, 0.25) is 10.0 Å². The number of carbonyl (C=O) groups is 1. The summed E-state index contributed by atoms with van der Waals surface area (Å²) in [4.78, 5) is 13.4. The number of hydrazone groups is 1. The van der Waals surface area contributed by atoms with Crippen molar-refractivity contribution in [2.24, 2.45) is 5.10 Å². The van der Waals surface area contributed by atoms with Crippen molar-refractivity contribution in [3.63, 3.8) is 0 Å². The van der Waals surface area contributed by atoms with Gasteiger partial charge in [-0.3, -0.25) is 4.79 Å². The predicted molar refractivity (Wildman–Crippen MR) is 102 cm³/mol. The van der Waals surface area contributed by atoms with Crippen LogP contribution in [0.5, 0.6) is 0 Å². The smallest absolute Gasteiger partial charge is 0.258 e. The van der Waals surface area contributed by atoms with Crippen molar-refractivity contribution >= 4 is 62.6 Å². The molecule has 1 fully saturated rings. The number of benzene rings is 1. The Labute approximate surface area is 161 Å². The van der Waals surface area contributed by atoms with E-state index in [-0.39, 0.29) is 18.0 Å². The number of hydrogen-bond acceptors (Lipinski definition) is 5. The van der Waals surface area contributed by atoms with Crippen LogP contribution in [-0.2, 0) is 4.79 Å². The Morgan fingerprint density at radius 3 is 2.71 bits per heavy atom. The monoisotopic (exact) mass is 446 g/mol. The van der Waals surface area contributed by atoms with Gasteiger partial charge in [0.2, 0.25) is 0 Å². The van der Waals surface area contributed by atoms with E-state index >= 15 is 0 Å². The fourth-order valence-corrected chi connectivity index (χ4v) is 4.29. The Morgan fingerprint density at radius 1 is 1.29 bits per heavy atom. The zero-order valence-electron chi connectivity index (χ0n) is 12.2. The lowest BCUT2D eigenvalue weighted by Crippen LogP contribution is -2.41. The molecule has 2 heterocycles. The highest BCUT2D eigenvalue weighted by Crippen LogP contribution is 2.31. The van der Waals surface area contributed by atoms with Crippen molar-refractivity contribution in [2.75, 3.05) is 0 Å². The van der Waals surface area contributed by atoms with E-state index in [1.807, 2.05) is 12.1 Å². The third-order valence-corrected chi connectivity index (χ3v) is 5.92. The molecule has 1 aliphatic heterocycles. The Hall–Kier alpha value is -0.960. The molecule has 1 aliphatic rings. The first-order chi connectivity index (χ1) is 11.5. The van der Waals surface area contributed by atoms with Gasteiger partial charge in [-0.2, -0.15) is 5.10 Å². The van der Waals surface area contributed by atoms with Crippen LogP contribution in [0.15, 0.2) is 39.2 Å². The number of halogens is 3. The largest absolute Gasteiger partial charge is 0.271 e. The summed E-state index contributed by atoms with van der Waals surface area (Å²) in [7, 11) is 0. The molecule has 9 heteroatoms. The van der Waals surface area contributed by atoms with Crippen LogP contribution in [0.4, 0.5) is 0 Å². The topological polar surface area (TPSA) is 65.5 Å². The normalized spacial score (nSPS) is 20.6. The maximum Gasteiger partial charge on any atom is 0.258 e. The van der Waals surface area contributed by atoms with E-state index in [0.717, 1.165) is 8.66 Å². The quantitative estimate of drug-likeness (QED) is 0.492. The van der Waals surface area contributed by atoms with Crippen LogP contribution >= 0.6 is 50.5 Å². The molecule has 1 aromatic heterocycles. The lowest BCUT2D eigenvalue weighted by Gasteiger charge is -2.07. The Balaban J connectivity index is 1.57. The van der Waals surface area contributed by atoms with Crippen LogP contribution in [0.3, 0.4) is 0 Å². The molecule has 0 aliphatic carbocycles. The number of nitrogens with one attached hydrogen (secondary N) is 3. The van der Waals surface area contributed by atoms with Gasteiger partial charge in [0.1, 0.15) is 6.04 Å². The highest BCUT2D eigenvalue weighted by atomic mass is 79.9. The molecule has 24 heavy (non-hydrogen) atoms. The Kier molecular flexibility index (Phi) is 5.91. The standard InChI is InChI=1S/C15H13BrCl2N4OS/c16-14-5-4-13(24-14)11-6-12(21-20-11)15(23)22-19-7-8-9(17)2-1-3-10(8)18/h1-5,7,11-12,20-21H,6H2,(H,22,23)/b19-7+. The number of hydrogen-bond donors (Lipinski definition) is 3. The minimum absolute atomic E-state index is 0.0963. The predicted octanol–water partition coefficient (Wildman–Crippen LogP) is 3.88. The summed E-state index contributed by atoms with van der Waals surface area (Å²) in [5.41, 5.74) is 9.20. The van der Waals surface area contributed by atoms with E-state index in [2.05, 4.69) is 37.3 Å². The van der Waals surface area contributed by atoms with Crippen LogP contribution in [0.1, 0.15) is 22.9 Å². The van der Waals surface area contributed by atoms with Crippen LogP contribution < -0.4 is 16.3 Å². The van der Waals surface area contributed by atoms with Gasteiger partial charge in [0.25, 0.3) is 5.91 Å². The third kappa shape index (κ3) is 4.17. The summed E-state index contributed by atoms with van der Waals surface area (Å²) in [5.74, 6) is -0.222. The molecular weight excluding hydrogens is 435 g/mol.